The molecule has 0 radical (unpaired) electrons. The maximum Gasteiger partial charge on any atom is 0.422 e. The number of carbonyl (C=O) groups is 1. The fourth-order valence-corrected chi connectivity index (χ4v) is 3.40. The van der Waals surface area contributed by atoms with Gasteiger partial charge in [0.05, 0.1) is 6.04 Å². The van der Waals surface area contributed by atoms with Gasteiger partial charge in [0.15, 0.2) is 6.61 Å². The molecule has 1 atom stereocenters. The maximum absolute atomic E-state index is 12.6. The van der Waals surface area contributed by atoms with E-state index in [4.69, 9.17) is 15.2 Å². The topological polar surface area (TPSA) is 64.8 Å². The number of aryl methyl sites for hydroxylation is 2. The molecule has 1 aromatic carbocycles. The predicted octanol–water partition coefficient (Wildman–Crippen LogP) is 3.38. The molecule has 1 saturated heterocycles. The molecule has 28 heavy (non-hydrogen) atoms. The summed E-state index contributed by atoms with van der Waals surface area (Å²) in [5.41, 5.74) is 8.16. The Kier molecular flexibility index (Phi) is 9.04. The molecule has 9 heteroatoms. The largest absolute Gasteiger partial charge is 0.484 e. The van der Waals surface area contributed by atoms with Crippen LogP contribution in [0.1, 0.15) is 29.5 Å². The van der Waals surface area contributed by atoms with Crippen molar-refractivity contribution in [3.8, 4) is 5.75 Å². The first-order chi connectivity index (χ1) is 12.6. The van der Waals surface area contributed by atoms with E-state index in [1.165, 1.54) is 0 Å². The maximum atomic E-state index is 12.6. The highest BCUT2D eigenvalue weighted by atomic mass is 35.5. The van der Waals surface area contributed by atoms with Gasteiger partial charge in [0.2, 0.25) is 5.91 Å². The molecule has 2 N–H and O–H groups in total. The summed E-state index contributed by atoms with van der Waals surface area (Å²) in [6, 6.07) is 2.90. The van der Waals surface area contributed by atoms with Gasteiger partial charge in [-0.1, -0.05) is 12.1 Å². The van der Waals surface area contributed by atoms with E-state index in [1.54, 1.807) is 37.9 Å². The molecule has 0 bridgehead atoms. The van der Waals surface area contributed by atoms with Crippen LogP contribution in [0.15, 0.2) is 12.1 Å². The normalized spacial score (nSPS) is 16.2. The van der Waals surface area contributed by atoms with Crippen LogP contribution in [0, 0.1) is 19.8 Å². The second-order valence-corrected chi connectivity index (χ2v) is 7.13. The molecular weight excluding hydrogens is 397 g/mol. The molecule has 0 spiro atoms. The van der Waals surface area contributed by atoms with Crippen molar-refractivity contribution >= 4 is 18.3 Å². The van der Waals surface area contributed by atoms with E-state index in [2.05, 4.69) is 0 Å². The number of nitrogens with two attached hydrogens (primary N) is 1. The highest BCUT2D eigenvalue weighted by Crippen LogP contribution is 2.28. The average Bonchev–Trinajstić information content (AvgIpc) is 2.59. The van der Waals surface area contributed by atoms with E-state index in [0.29, 0.717) is 30.9 Å². The highest BCUT2D eigenvalue weighted by Gasteiger charge is 2.30. The van der Waals surface area contributed by atoms with Gasteiger partial charge in [-0.25, -0.2) is 0 Å². The van der Waals surface area contributed by atoms with Gasteiger partial charge < -0.3 is 20.1 Å². The first-order valence-electron chi connectivity index (χ1n) is 8.96. The number of rotatable bonds is 6. The first-order valence-corrected chi connectivity index (χ1v) is 8.96. The molecule has 1 aliphatic rings. The molecule has 1 fully saturated rings. The zero-order chi connectivity index (χ0) is 20.2. The molecule has 1 aromatic rings. The van der Waals surface area contributed by atoms with Crippen LogP contribution >= 0.6 is 12.4 Å². The summed E-state index contributed by atoms with van der Waals surface area (Å²) in [4.78, 5) is 14.2. The highest BCUT2D eigenvalue weighted by molar-refractivity contribution is 5.85. The summed E-state index contributed by atoms with van der Waals surface area (Å²) in [5, 5.41) is 0. The van der Waals surface area contributed by atoms with Crippen molar-refractivity contribution in [2.45, 2.75) is 45.5 Å². The van der Waals surface area contributed by atoms with Crippen LogP contribution in [0.2, 0.25) is 0 Å². The molecule has 0 aliphatic carbocycles. The molecule has 0 aromatic heterocycles. The molecule has 1 aliphatic heterocycles. The number of amides is 1. The van der Waals surface area contributed by atoms with Crippen molar-refractivity contribution in [2.75, 3.05) is 26.9 Å². The summed E-state index contributed by atoms with van der Waals surface area (Å²) < 4.78 is 47.4. The van der Waals surface area contributed by atoms with Crippen molar-refractivity contribution in [3.05, 3.63) is 28.8 Å². The van der Waals surface area contributed by atoms with Gasteiger partial charge in [-0.05, 0) is 49.3 Å². The zero-order valence-electron chi connectivity index (χ0n) is 16.3. The van der Waals surface area contributed by atoms with Crippen molar-refractivity contribution in [1.29, 1.82) is 0 Å². The van der Waals surface area contributed by atoms with Gasteiger partial charge in [0.25, 0.3) is 0 Å². The third kappa shape index (κ3) is 6.83. The number of halogens is 4. The van der Waals surface area contributed by atoms with Crippen molar-refractivity contribution in [1.82, 2.24) is 4.90 Å². The van der Waals surface area contributed by atoms with E-state index < -0.39 is 18.8 Å². The smallest absolute Gasteiger partial charge is 0.422 e. The third-order valence-corrected chi connectivity index (χ3v) is 4.76. The summed E-state index contributed by atoms with van der Waals surface area (Å²) in [7, 11) is 1.68. The average molecular weight is 425 g/mol. The van der Waals surface area contributed by atoms with E-state index in [9.17, 15) is 18.0 Å². The minimum Gasteiger partial charge on any atom is -0.484 e. The Bertz CT molecular complexity index is 641. The molecule has 1 heterocycles. The molecule has 0 saturated carbocycles. The van der Waals surface area contributed by atoms with Gasteiger partial charge in [-0.2, -0.15) is 13.2 Å². The number of nitrogens with zero attached hydrogens (tertiary/aromatic N) is 1. The lowest BCUT2D eigenvalue weighted by Gasteiger charge is -2.30. The monoisotopic (exact) mass is 424 g/mol. The molecule has 1 amide bonds. The Hall–Kier alpha value is -1.51. The van der Waals surface area contributed by atoms with Gasteiger partial charge in [-0.15, -0.1) is 12.4 Å². The Morgan fingerprint density at radius 1 is 1.29 bits per heavy atom. The van der Waals surface area contributed by atoms with Gasteiger partial charge in [0.1, 0.15) is 5.75 Å². The fourth-order valence-electron chi connectivity index (χ4n) is 3.40. The van der Waals surface area contributed by atoms with Crippen LogP contribution in [0.3, 0.4) is 0 Å². The van der Waals surface area contributed by atoms with E-state index >= 15 is 0 Å². The molecule has 1 unspecified atom stereocenters. The minimum absolute atomic E-state index is 0. The molecular formula is C19H28ClF3N2O3. The third-order valence-electron chi connectivity index (χ3n) is 4.76. The van der Waals surface area contributed by atoms with Gasteiger partial charge in [-0.3, -0.25) is 4.79 Å². The quantitative estimate of drug-likeness (QED) is 0.760. The number of ether oxygens (including phenoxy) is 2. The standard InChI is InChI=1S/C19H27F3N2O3.ClH/c1-12-8-14(9-13(2)17(12)27-11-19(20,21)22)10-24(3)18(25)16(23)15-4-6-26-7-5-15;/h8-9,15-16H,4-7,10-11,23H2,1-3H3;1H. The number of benzene rings is 1. The van der Waals surface area contributed by atoms with Crippen LogP contribution in [0.25, 0.3) is 0 Å². The van der Waals surface area contributed by atoms with Gasteiger partial charge in [0, 0.05) is 26.8 Å². The Labute approximate surface area is 169 Å². The minimum atomic E-state index is -4.38. The molecule has 5 nitrogen and oxygen atoms in total. The number of hydrogen-bond donors (Lipinski definition) is 1. The lowest BCUT2D eigenvalue weighted by molar-refractivity contribution is -0.153. The number of carbonyl (C=O) groups excluding carboxylic acids is 1. The first kappa shape index (κ1) is 24.5. The molecule has 2 rings (SSSR count). The molecule has 160 valence electrons. The van der Waals surface area contributed by atoms with Crippen molar-refractivity contribution < 1.29 is 27.4 Å². The van der Waals surface area contributed by atoms with E-state index in [1.807, 2.05) is 0 Å². The SMILES string of the molecule is Cc1cc(CN(C)C(=O)C(N)C2CCOCC2)cc(C)c1OCC(F)(F)F.Cl. The summed E-state index contributed by atoms with van der Waals surface area (Å²) in [6.07, 6.45) is -2.85. The summed E-state index contributed by atoms with van der Waals surface area (Å²) >= 11 is 0. The Morgan fingerprint density at radius 2 is 1.82 bits per heavy atom. The summed E-state index contributed by atoms with van der Waals surface area (Å²) in [6.45, 7) is 3.62. The van der Waals surface area contributed by atoms with Gasteiger partial charge >= 0.3 is 6.18 Å². The van der Waals surface area contributed by atoms with Crippen LogP contribution in [0.4, 0.5) is 13.2 Å². The number of likely N-dealkylation sites (N-methyl/N-ethyl adjacent to an activating group) is 1. The predicted molar refractivity (Wildman–Crippen MR) is 103 cm³/mol. The van der Waals surface area contributed by atoms with Crippen LogP contribution in [-0.4, -0.2) is 49.9 Å². The second kappa shape index (κ2) is 10.3. The van der Waals surface area contributed by atoms with Crippen LogP contribution < -0.4 is 10.5 Å². The van der Waals surface area contributed by atoms with Crippen LogP contribution in [-0.2, 0) is 16.1 Å². The Morgan fingerprint density at radius 3 is 2.32 bits per heavy atom. The van der Waals surface area contributed by atoms with Crippen molar-refractivity contribution in [3.63, 3.8) is 0 Å². The summed E-state index contributed by atoms with van der Waals surface area (Å²) in [5.74, 6) is 0.189. The fraction of sp³-hybridized carbons (Fsp3) is 0.632. The zero-order valence-corrected chi connectivity index (χ0v) is 17.2. The lowest BCUT2D eigenvalue weighted by Crippen LogP contribution is -2.47. The van der Waals surface area contributed by atoms with Crippen molar-refractivity contribution in [2.24, 2.45) is 11.7 Å². The van der Waals surface area contributed by atoms with E-state index in [-0.39, 0.29) is 30.0 Å². The Balaban J connectivity index is 0.00000392. The van der Waals surface area contributed by atoms with E-state index in [0.717, 1.165) is 18.4 Å². The number of alkyl halides is 3. The lowest BCUT2D eigenvalue weighted by atomic mass is 9.91. The second-order valence-electron chi connectivity index (χ2n) is 7.13. The number of hydrogen-bond acceptors (Lipinski definition) is 4. The van der Waals surface area contributed by atoms with Crippen LogP contribution in [0.5, 0.6) is 5.75 Å².